The Hall–Kier alpha value is -3.08. The molecule has 1 aliphatic carbocycles. The summed E-state index contributed by atoms with van der Waals surface area (Å²) in [6, 6.07) is 23.3. The fraction of sp³-hybridized carbons (Fsp3) is 0.364. The van der Waals surface area contributed by atoms with Crippen molar-refractivity contribution < 1.29 is 4.74 Å². The number of pyridine rings is 1. The van der Waals surface area contributed by atoms with Gasteiger partial charge in [0, 0.05) is 30.2 Å². The van der Waals surface area contributed by atoms with Gasteiger partial charge in [-0.2, -0.15) is 0 Å². The summed E-state index contributed by atoms with van der Waals surface area (Å²) in [5, 5.41) is 1.68. The van der Waals surface area contributed by atoms with E-state index in [-0.39, 0.29) is 17.0 Å². The predicted molar refractivity (Wildman–Crippen MR) is 157 cm³/mol. The van der Waals surface area contributed by atoms with Crippen molar-refractivity contribution in [2.75, 3.05) is 7.11 Å². The van der Waals surface area contributed by atoms with Gasteiger partial charge < -0.3 is 9.72 Å². The van der Waals surface area contributed by atoms with Crippen LogP contribution in [0.15, 0.2) is 71.5 Å². The maximum absolute atomic E-state index is 13.2. The summed E-state index contributed by atoms with van der Waals surface area (Å²) in [5.41, 5.74) is 6.68. The molecular formula is C33H37ClN2O2. The Balaban J connectivity index is 1.49. The number of aromatic amines is 1. The van der Waals surface area contributed by atoms with Crippen LogP contribution >= 0.6 is 11.6 Å². The molecule has 1 heterocycles. The maximum atomic E-state index is 13.2. The van der Waals surface area contributed by atoms with E-state index >= 15 is 0 Å². The second-order valence-electron chi connectivity index (χ2n) is 11.7. The van der Waals surface area contributed by atoms with Crippen molar-refractivity contribution in [1.29, 1.82) is 0 Å². The van der Waals surface area contributed by atoms with Crippen LogP contribution in [0.1, 0.15) is 80.3 Å². The van der Waals surface area contributed by atoms with Gasteiger partial charge in [-0.15, -0.1) is 0 Å². The number of methoxy groups -OCH3 is 1. The van der Waals surface area contributed by atoms with Crippen molar-refractivity contribution in [1.82, 2.24) is 9.88 Å². The first-order valence-electron chi connectivity index (χ1n) is 13.4. The van der Waals surface area contributed by atoms with Gasteiger partial charge in [0.15, 0.2) is 0 Å². The zero-order chi connectivity index (χ0) is 27.0. The summed E-state index contributed by atoms with van der Waals surface area (Å²) in [6.07, 6.45) is 2.51. The number of aromatic nitrogens is 1. The van der Waals surface area contributed by atoms with Crippen molar-refractivity contribution >= 4 is 22.5 Å². The minimum absolute atomic E-state index is 0.0218. The Labute approximate surface area is 230 Å². The van der Waals surface area contributed by atoms with Gasteiger partial charge in [0.25, 0.3) is 5.56 Å². The highest BCUT2D eigenvalue weighted by Gasteiger charge is 2.24. The number of H-pyrrole nitrogens is 1. The molecule has 0 aliphatic heterocycles. The topological polar surface area (TPSA) is 45.3 Å². The lowest BCUT2D eigenvalue weighted by molar-refractivity contribution is 0.191. The quantitative estimate of drug-likeness (QED) is 0.251. The van der Waals surface area contributed by atoms with Gasteiger partial charge in [-0.1, -0.05) is 68.8 Å². The van der Waals surface area contributed by atoms with Crippen molar-refractivity contribution in [3.63, 3.8) is 0 Å². The Bertz CT molecular complexity index is 1500. The van der Waals surface area contributed by atoms with Gasteiger partial charge in [0.05, 0.1) is 12.1 Å². The van der Waals surface area contributed by atoms with Gasteiger partial charge in [-0.3, -0.25) is 9.69 Å². The molecule has 3 aromatic carbocycles. The largest absolute Gasteiger partial charge is 0.495 e. The molecule has 1 unspecified atom stereocenters. The van der Waals surface area contributed by atoms with Gasteiger partial charge in [-0.25, -0.2) is 0 Å². The molecule has 4 aromatic rings. The highest BCUT2D eigenvalue weighted by molar-refractivity contribution is 6.32. The molecule has 0 amide bonds. The average molecular weight is 529 g/mol. The number of rotatable bonds is 8. The second-order valence-corrected chi connectivity index (χ2v) is 12.1. The molecule has 5 heteroatoms. The van der Waals surface area contributed by atoms with Crippen molar-refractivity contribution in [2.45, 2.75) is 71.0 Å². The highest BCUT2D eigenvalue weighted by atomic mass is 35.5. The molecular weight excluding hydrogens is 492 g/mol. The lowest BCUT2D eigenvalue weighted by Gasteiger charge is -2.30. The average Bonchev–Trinajstić information content (AvgIpc) is 3.73. The molecule has 0 saturated heterocycles. The Morgan fingerprint density at radius 2 is 1.74 bits per heavy atom. The third-order valence-electron chi connectivity index (χ3n) is 7.78. The molecule has 1 aliphatic rings. The Morgan fingerprint density at radius 3 is 2.37 bits per heavy atom. The van der Waals surface area contributed by atoms with Crippen molar-refractivity contribution in [3.05, 3.63) is 110 Å². The number of fused-ring (bicyclic) bond motifs is 1. The van der Waals surface area contributed by atoms with Crippen LogP contribution in [-0.4, -0.2) is 17.0 Å². The summed E-state index contributed by atoms with van der Waals surface area (Å²) >= 11 is 6.50. The zero-order valence-electron chi connectivity index (χ0n) is 23.0. The van der Waals surface area contributed by atoms with Crippen LogP contribution in [0, 0.1) is 0 Å². The summed E-state index contributed by atoms with van der Waals surface area (Å²) in [7, 11) is 1.62. The SMILES string of the molecule is COc1ccc(C(C)N(Cc2ccc(C(C)(C)C)cc2)Cc2cc3cc(C4CC4)ccc3[nH]c2=O)cc1Cl. The van der Waals surface area contributed by atoms with Crippen LogP contribution in [0.4, 0.5) is 0 Å². The first-order chi connectivity index (χ1) is 18.1. The molecule has 4 nitrogen and oxygen atoms in total. The van der Waals surface area contributed by atoms with E-state index in [4.69, 9.17) is 16.3 Å². The van der Waals surface area contributed by atoms with Gasteiger partial charge >= 0.3 is 0 Å². The van der Waals surface area contributed by atoms with Crippen LogP contribution < -0.4 is 10.3 Å². The van der Waals surface area contributed by atoms with Crippen LogP contribution in [0.5, 0.6) is 5.75 Å². The van der Waals surface area contributed by atoms with E-state index in [1.807, 2.05) is 18.2 Å². The summed E-state index contributed by atoms with van der Waals surface area (Å²) < 4.78 is 5.37. The number of hydrogen-bond donors (Lipinski definition) is 1. The molecule has 1 saturated carbocycles. The molecule has 0 radical (unpaired) electrons. The van der Waals surface area contributed by atoms with E-state index in [2.05, 4.69) is 86.1 Å². The molecule has 198 valence electrons. The van der Waals surface area contributed by atoms with E-state index in [9.17, 15) is 4.79 Å². The molecule has 1 atom stereocenters. The first-order valence-corrected chi connectivity index (χ1v) is 13.8. The monoisotopic (exact) mass is 528 g/mol. The van der Waals surface area contributed by atoms with E-state index in [1.165, 1.54) is 29.5 Å². The lowest BCUT2D eigenvalue weighted by Crippen LogP contribution is -2.29. The Kier molecular flexibility index (Phi) is 7.39. The Morgan fingerprint density at radius 1 is 1.00 bits per heavy atom. The molecule has 5 rings (SSSR count). The van der Waals surface area contributed by atoms with Crippen molar-refractivity contribution in [3.8, 4) is 5.75 Å². The van der Waals surface area contributed by atoms with Gasteiger partial charge in [0.2, 0.25) is 0 Å². The van der Waals surface area contributed by atoms with E-state index < -0.39 is 0 Å². The van der Waals surface area contributed by atoms with E-state index in [0.29, 0.717) is 29.8 Å². The summed E-state index contributed by atoms with van der Waals surface area (Å²) in [6.45, 7) is 10.1. The smallest absolute Gasteiger partial charge is 0.252 e. The second kappa shape index (κ2) is 10.6. The zero-order valence-corrected chi connectivity index (χ0v) is 23.7. The molecule has 1 N–H and O–H groups in total. The number of benzene rings is 3. The number of halogens is 1. The van der Waals surface area contributed by atoms with Crippen LogP contribution in [0.3, 0.4) is 0 Å². The first kappa shape index (κ1) is 26.5. The van der Waals surface area contributed by atoms with Crippen LogP contribution in [0.2, 0.25) is 5.02 Å². The number of nitrogens with zero attached hydrogens (tertiary/aromatic N) is 1. The van der Waals surface area contributed by atoms with Crippen LogP contribution in [-0.2, 0) is 18.5 Å². The summed E-state index contributed by atoms with van der Waals surface area (Å²) in [5.74, 6) is 1.33. The molecule has 1 fully saturated rings. The minimum atomic E-state index is -0.0373. The molecule has 1 aromatic heterocycles. The fourth-order valence-corrected chi connectivity index (χ4v) is 5.37. The number of ether oxygens (including phenoxy) is 1. The molecule has 0 spiro atoms. The van der Waals surface area contributed by atoms with Gasteiger partial charge in [-0.05, 0) is 89.1 Å². The van der Waals surface area contributed by atoms with Crippen LogP contribution in [0.25, 0.3) is 10.9 Å². The van der Waals surface area contributed by atoms with E-state index in [0.717, 1.165) is 22.0 Å². The third kappa shape index (κ3) is 5.82. The molecule has 38 heavy (non-hydrogen) atoms. The van der Waals surface area contributed by atoms with E-state index in [1.54, 1.807) is 7.11 Å². The maximum Gasteiger partial charge on any atom is 0.252 e. The molecule has 0 bridgehead atoms. The summed E-state index contributed by atoms with van der Waals surface area (Å²) in [4.78, 5) is 18.6. The lowest BCUT2D eigenvalue weighted by atomic mass is 9.86. The van der Waals surface area contributed by atoms with Gasteiger partial charge in [0.1, 0.15) is 5.75 Å². The normalized spacial score (nSPS) is 14.7. The third-order valence-corrected chi connectivity index (χ3v) is 8.07. The standard InChI is InChI=1S/C33H37ClN2O2/c1-21(24-11-15-31(38-5)29(34)18-24)36(19-22-6-12-28(13-7-22)33(2,3)4)20-27-17-26-16-25(23-8-9-23)10-14-30(26)35-32(27)37/h6-7,10-18,21,23H,8-9,19-20H2,1-5H3,(H,35,37). The highest BCUT2D eigenvalue weighted by Crippen LogP contribution is 2.40. The number of hydrogen-bond acceptors (Lipinski definition) is 3. The minimum Gasteiger partial charge on any atom is -0.495 e. The predicted octanol–water partition coefficient (Wildman–Crippen LogP) is 8.13. The number of nitrogens with one attached hydrogen (secondary N) is 1. The van der Waals surface area contributed by atoms with Crippen molar-refractivity contribution in [2.24, 2.45) is 0 Å². The fourth-order valence-electron chi connectivity index (χ4n) is 5.10.